The van der Waals surface area contributed by atoms with E-state index in [1.54, 1.807) is 43.9 Å². The molecule has 0 aliphatic heterocycles. The molecule has 0 aliphatic carbocycles. The number of halogens is 3. The fraction of sp³-hybridized carbons (Fsp3) is 0.480. The van der Waals surface area contributed by atoms with Gasteiger partial charge in [-0.3, -0.25) is 4.79 Å². The van der Waals surface area contributed by atoms with E-state index in [0.29, 0.717) is 0 Å². The molecule has 3 atom stereocenters. The second-order valence-electron chi connectivity index (χ2n) is 8.92. The van der Waals surface area contributed by atoms with Crippen molar-refractivity contribution < 1.29 is 36.6 Å². The smallest absolute Gasteiger partial charge is 0.416 e. The summed E-state index contributed by atoms with van der Waals surface area (Å²) in [4.78, 5) is 11.3. The zero-order valence-corrected chi connectivity index (χ0v) is 21.0. The van der Waals surface area contributed by atoms with Gasteiger partial charge in [0.15, 0.2) is 14.4 Å². The minimum Gasteiger partial charge on any atom is -0.466 e. The van der Waals surface area contributed by atoms with E-state index in [0.717, 1.165) is 11.1 Å². The van der Waals surface area contributed by atoms with Crippen LogP contribution >= 0.6 is 0 Å². The van der Waals surface area contributed by atoms with E-state index in [-0.39, 0.29) is 26.2 Å². The lowest BCUT2D eigenvalue weighted by Crippen LogP contribution is -2.54. The van der Waals surface area contributed by atoms with Crippen molar-refractivity contribution in [2.24, 2.45) is 0 Å². The molecule has 0 heterocycles. The van der Waals surface area contributed by atoms with Crippen LogP contribution in [0.15, 0.2) is 60.7 Å². The second-order valence-corrected chi connectivity index (χ2v) is 13.4. The van der Waals surface area contributed by atoms with Crippen LogP contribution in [-0.4, -0.2) is 45.4 Å². The summed E-state index contributed by atoms with van der Waals surface area (Å²) in [6.07, 6.45) is -9.36. The van der Waals surface area contributed by atoms with Crippen LogP contribution in [0.2, 0.25) is 19.6 Å². The number of rotatable bonds is 13. The van der Waals surface area contributed by atoms with Crippen LogP contribution in [0.1, 0.15) is 24.5 Å². The highest BCUT2D eigenvalue weighted by molar-refractivity contribution is 6.69. The predicted molar refractivity (Wildman–Crippen MR) is 126 cm³/mol. The molecule has 0 radical (unpaired) electrons. The van der Waals surface area contributed by atoms with Crippen LogP contribution in [0.5, 0.6) is 0 Å². The third-order valence-corrected chi connectivity index (χ3v) is 5.73. The fourth-order valence-electron chi connectivity index (χ4n) is 3.30. The van der Waals surface area contributed by atoms with Gasteiger partial charge in [-0.05, 0) is 30.8 Å². The Bertz CT molecular complexity index is 856. The van der Waals surface area contributed by atoms with Gasteiger partial charge in [0, 0.05) is 13.3 Å². The maximum atomic E-state index is 14.3. The molecule has 5 nitrogen and oxygen atoms in total. The highest BCUT2D eigenvalue weighted by Gasteiger charge is 2.51. The lowest BCUT2D eigenvalue weighted by Gasteiger charge is -2.37. The van der Waals surface area contributed by atoms with E-state index in [2.05, 4.69) is 0 Å². The first kappa shape index (κ1) is 28.0. The summed E-state index contributed by atoms with van der Waals surface area (Å²) < 4.78 is 65.3. The van der Waals surface area contributed by atoms with Crippen LogP contribution in [0.25, 0.3) is 0 Å². The average Bonchev–Trinajstić information content (AvgIpc) is 2.76. The number of esters is 1. The van der Waals surface area contributed by atoms with Crippen LogP contribution < -0.4 is 0 Å². The molecule has 0 amide bonds. The van der Waals surface area contributed by atoms with Gasteiger partial charge >= 0.3 is 12.1 Å². The summed E-state index contributed by atoms with van der Waals surface area (Å²) in [6.45, 7) is 6.25. The first-order valence-corrected chi connectivity index (χ1v) is 14.6. The maximum absolute atomic E-state index is 14.3. The van der Waals surface area contributed by atoms with Gasteiger partial charge in [-0.25, -0.2) is 0 Å². The molecule has 9 heteroatoms. The Morgan fingerprint density at radius 2 is 1.38 bits per heavy atom. The molecule has 2 aromatic carbocycles. The minimum absolute atomic E-state index is 0.0213. The number of hydrogen-bond acceptors (Lipinski definition) is 5. The summed E-state index contributed by atoms with van der Waals surface area (Å²) >= 11 is 0. The Morgan fingerprint density at radius 1 is 0.882 bits per heavy atom. The summed E-state index contributed by atoms with van der Waals surface area (Å²) in [7, 11) is -2.62. The molecule has 0 saturated heterocycles. The molecule has 0 bridgehead atoms. The van der Waals surface area contributed by atoms with Crippen molar-refractivity contribution in [1.29, 1.82) is 0 Å². The first-order chi connectivity index (χ1) is 16.0. The lowest BCUT2D eigenvalue weighted by atomic mass is 10.0. The Labute approximate surface area is 200 Å². The van der Waals surface area contributed by atoms with Gasteiger partial charge in [-0.1, -0.05) is 60.7 Å². The predicted octanol–water partition coefficient (Wildman–Crippen LogP) is 5.89. The fourth-order valence-corrected chi connectivity index (χ4v) is 4.33. The van der Waals surface area contributed by atoms with Crippen molar-refractivity contribution >= 4 is 14.3 Å². The average molecular weight is 499 g/mol. The molecule has 0 fully saturated rings. The molecule has 0 unspecified atom stereocenters. The summed E-state index contributed by atoms with van der Waals surface area (Å²) in [5.41, 5.74) is 1.53. The number of alkyl halides is 3. The van der Waals surface area contributed by atoms with Crippen molar-refractivity contribution in [3.05, 3.63) is 71.8 Å². The zero-order chi connectivity index (χ0) is 25.2. The monoisotopic (exact) mass is 498 g/mol. The number of hydrogen-bond donors (Lipinski definition) is 0. The quantitative estimate of drug-likeness (QED) is 0.255. The van der Waals surface area contributed by atoms with Crippen molar-refractivity contribution in [2.45, 2.75) is 70.7 Å². The topological polar surface area (TPSA) is 54.0 Å². The van der Waals surface area contributed by atoms with E-state index >= 15 is 0 Å². The molecule has 2 rings (SSSR count). The van der Waals surface area contributed by atoms with Gasteiger partial charge < -0.3 is 18.6 Å². The normalized spacial score (nSPS) is 14.9. The van der Waals surface area contributed by atoms with E-state index < -0.39 is 38.8 Å². The van der Waals surface area contributed by atoms with Gasteiger partial charge in [0.25, 0.3) is 0 Å². The Morgan fingerprint density at radius 3 is 1.82 bits per heavy atom. The third-order valence-electron chi connectivity index (χ3n) is 4.77. The van der Waals surface area contributed by atoms with Crippen molar-refractivity contribution in [2.75, 3.05) is 6.61 Å². The number of carbonyl (C=O) groups is 1. The zero-order valence-electron chi connectivity index (χ0n) is 20.0. The SMILES string of the molecule is CC(=O)OCC[C@H](OCc1ccccc1)[C@H](OCc1ccccc1)[C@H](O[Si](C)(C)C)C(F)(F)F. The van der Waals surface area contributed by atoms with Crippen LogP contribution in [-0.2, 0) is 36.6 Å². The van der Waals surface area contributed by atoms with Crippen molar-refractivity contribution in [3.8, 4) is 0 Å². The molecule has 0 aliphatic rings. The molecule has 0 spiro atoms. The van der Waals surface area contributed by atoms with Gasteiger partial charge in [-0.15, -0.1) is 0 Å². The lowest BCUT2D eigenvalue weighted by molar-refractivity contribution is -0.251. The summed E-state index contributed by atoms with van der Waals surface area (Å²) in [5, 5.41) is 0. The molecular formula is C25H33F3O5Si. The molecule has 34 heavy (non-hydrogen) atoms. The molecular weight excluding hydrogens is 465 g/mol. The van der Waals surface area contributed by atoms with Crippen LogP contribution in [0, 0.1) is 0 Å². The Hall–Kier alpha value is -2.20. The van der Waals surface area contributed by atoms with Crippen LogP contribution in [0.4, 0.5) is 13.2 Å². The van der Waals surface area contributed by atoms with E-state index in [1.807, 2.05) is 36.4 Å². The minimum atomic E-state index is -4.68. The second kappa shape index (κ2) is 13.0. The largest absolute Gasteiger partial charge is 0.466 e. The summed E-state index contributed by atoms with van der Waals surface area (Å²) in [5.74, 6) is -0.519. The molecule has 0 saturated carbocycles. The number of benzene rings is 2. The van der Waals surface area contributed by atoms with Gasteiger partial charge in [-0.2, -0.15) is 13.2 Å². The van der Waals surface area contributed by atoms with Crippen molar-refractivity contribution in [3.63, 3.8) is 0 Å². The van der Waals surface area contributed by atoms with E-state index in [1.165, 1.54) is 6.92 Å². The van der Waals surface area contributed by atoms with E-state index in [9.17, 15) is 18.0 Å². The van der Waals surface area contributed by atoms with Gasteiger partial charge in [0.05, 0.1) is 25.9 Å². The Balaban J connectivity index is 2.35. The number of ether oxygens (including phenoxy) is 3. The standard InChI is InChI=1S/C25H33F3O5Si/c1-19(29)30-16-15-22(31-17-20-11-7-5-8-12-20)23(32-18-21-13-9-6-10-14-21)24(25(26,27)28)33-34(2,3)4/h5-14,22-24H,15-18H2,1-4H3/t22-,23-,24-/m0/s1. The van der Waals surface area contributed by atoms with Crippen LogP contribution in [0.3, 0.4) is 0 Å². The van der Waals surface area contributed by atoms with Gasteiger partial charge in [0.1, 0.15) is 6.10 Å². The first-order valence-electron chi connectivity index (χ1n) is 11.1. The molecule has 2 aromatic rings. The molecule has 188 valence electrons. The maximum Gasteiger partial charge on any atom is 0.416 e. The molecule has 0 N–H and O–H groups in total. The molecule has 0 aromatic heterocycles. The van der Waals surface area contributed by atoms with Crippen molar-refractivity contribution in [1.82, 2.24) is 0 Å². The van der Waals surface area contributed by atoms with E-state index in [4.69, 9.17) is 18.6 Å². The number of carbonyl (C=O) groups excluding carboxylic acids is 1. The highest BCUT2D eigenvalue weighted by Crippen LogP contribution is 2.33. The third kappa shape index (κ3) is 10.4. The Kier molecular flexibility index (Phi) is 10.8. The highest BCUT2D eigenvalue weighted by atomic mass is 28.4. The summed E-state index contributed by atoms with van der Waals surface area (Å²) in [6, 6.07) is 18.1. The van der Waals surface area contributed by atoms with Gasteiger partial charge in [0.2, 0.25) is 0 Å².